The molecule has 0 aliphatic heterocycles. The number of benzene rings is 2. The third-order valence-corrected chi connectivity index (χ3v) is 4.83. The van der Waals surface area contributed by atoms with Gasteiger partial charge in [0.2, 0.25) is 5.91 Å². The van der Waals surface area contributed by atoms with Crippen molar-refractivity contribution in [3.05, 3.63) is 70.2 Å². The average molecular weight is 366 g/mol. The maximum absolute atomic E-state index is 12.2. The molecular weight excluding hydrogens is 348 g/mol. The van der Waals surface area contributed by atoms with Gasteiger partial charge in [0, 0.05) is 6.54 Å². The molecule has 3 aromatic rings. The largest absolute Gasteiger partial charge is 0.478 e. The van der Waals surface area contributed by atoms with Crippen LogP contribution in [0, 0.1) is 0 Å². The van der Waals surface area contributed by atoms with E-state index in [1.54, 1.807) is 18.2 Å². The van der Waals surface area contributed by atoms with E-state index >= 15 is 0 Å². The van der Waals surface area contributed by atoms with E-state index in [1.165, 1.54) is 17.4 Å². The Balaban J connectivity index is 1.63. The molecule has 26 heavy (non-hydrogen) atoms. The van der Waals surface area contributed by atoms with Crippen molar-refractivity contribution in [2.45, 2.75) is 19.9 Å². The Kier molecular flexibility index (Phi) is 5.43. The molecule has 1 amide bonds. The molecule has 0 fully saturated rings. The number of carboxylic acids is 1. The number of thiazole rings is 1. The van der Waals surface area contributed by atoms with Crippen LogP contribution in [0.25, 0.3) is 16.3 Å². The van der Waals surface area contributed by atoms with E-state index in [0.29, 0.717) is 0 Å². The number of nitrogens with one attached hydrogen (secondary N) is 1. The van der Waals surface area contributed by atoms with Crippen LogP contribution in [0.2, 0.25) is 0 Å². The molecule has 0 bridgehead atoms. The van der Waals surface area contributed by atoms with Crippen LogP contribution in [-0.2, 0) is 17.8 Å². The minimum Gasteiger partial charge on any atom is -0.478 e. The molecule has 1 aromatic heterocycles. The maximum atomic E-state index is 12.2. The molecule has 1 heterocycles. The van der Waals surface area contributed by atoms with Gasteiger partial charge in [0.1, 0.15) is 5.01 Å². The monoisotopic (exact) mass is 366 g/mol. The molecule has 2 aromatic carbocycles. The number of hydrogen-bond donors (Lipinski definition) is 2. The highest BCUT2D eigenvalue weighted by molar-refractivity contribution is 7.18. The van der Waals surface area contributed by atoms with E-state index in [-0.39, 0.29) is 24.4 Å². The van der Waals surface area contributed by atoms with Gasteiger partial charge in [-0.3, -0.25) is 4.79 Å². The van der Waals surface area contributed by atoms with Crippen molar-refractivity contribution in [1.29, 1.82) is 0 Å². The maximum Gasteiger partial charge on any atom is 0.335 e. The number of fused-ring (bicyclic) bond motifs is 1. The molecule has 0 aliphatic carbocycles. The van der Waals surface area contributed by atoms with Gasteiger partial charge in [0.25, 0.3) is 0 Å². The molecule has 0 radical (unpaired) electrons. The predicted molar refractivity (Wildman–Crippen MR) is 103 cm³/mol. The fourth-order valence-electron chi connectivity index (χ4n) is 2.58. The number of carboxylic acid groups (broad SMARTS) is 1. The van der Waals surface area contributed by atoms with E-state index in [1.807, 2.05) is 37.3 Å². The van der Waals surface area contributed by atoms with Crippen molar-refractivity contribution in [1.82, 2.24) is 10.3 Å². The summed E-state index contributed by atoms with van der Waals surface area (Å²) in [6.45, 7) is 2.25. The number of allylic oxidation sites excluding steroid dienone is 1. The first-order chi connectivity index (χ1) is 12.5. The second-order valence-corrected chi connectivity index (χ2v) is 6.91. The Morgan fingerprint density at radius 3 is 2.85 bits per heavy atom. The van der Waals surface area contributed by atoms with Crippen molar-refractivity contribution in [3.63, 3.8) is 0 Å². The Labute approximate surface area is 155 Å². The highest BCUT2D eigenvalue weighted by Gasteiger charge is 2.10. The van der Waals surface area contributed by atoms with E-state index in [9.17, 15) is 9.59 Å². The van der Waals surface area contributed by atoms with Crippen molar-refractivity contribution >= 4 is 39.5 Å². The van der Waals surface area contributed by atoms with Gasteiger partial charge in [-0.1, -0.05) is 30.4 Å². The molecule has 3 rings (SSSR count). The van der Waals surface area contributed by atoms with Gasteiger partial charge in [-0.15, -0.1) is 11.3 Å². The molecule has 5 nitrogen and oxygen atoms in total. The smallest absolute Gasteiger partial charge is 0.335 e. The molecule has 0 atom stereocenters. The Bertz CT molecular complexity index is 992. The number of carbonyl (C=O) groups excluding carboxylic acids is 1. The van der Waals surface area contributed by atoms with E-state index < -0.39 is 5.97 Å². The minimum absolute atomic E-state index is 0.140. The molecule has 132 valence electrons. The summed E-state index contributed by atoms with van der Waals surface area (Å²) in [5.41, 5.74) is 2.93. The summed E-state index contributed by atoms with van der Waals surface area (Å²) in [6.07, 6.45) is 4.19. The zero-order valence-corrected chi connectivity index (χ0v) is 15.0. The van der Waals surface area contributed by atoms with Crippen molar-refractivity contribution < 1.29 is 14.7 Å². The Hall–Kier alpha value is -2.99. The van der Waals surface area contributed by atoms with Gasteiger partial charge in [-0.25, -0.2) is 9.78 Å². The first-order valence-electron chi connectivity index (χ1n) is 8.16. The van der Waals surface area contributed by atoms with Gasteiger partial charge in [0.15, 0.2) is 0 Å². The number of carbonyl (C=O) groups is 2. The van der Waals surface area contributed by atoms with Crippen molar-refractivity contribution in [2.24, 2.45) is 0 Å². The van der Waals surface area contributed by atoms with Gasteiger partial charge in [-0.05, 0) is 42.3 Å². The number of nitrogens with zero attached hydrogens (tertiary/aromatic N) is 1. The van der Waals surface area contributed by atoms with Crippen molar-refractivity contribution in [3.8, 4) is 0 Å². The van der Waals surface area contributed by atoms with E-state index in [0.717, 1.165) is 26.4 Å². The summed E-state index contributed by atoms with van der Waals surface area (Å²) in [5.74, 6) is -1.12. The molecule has 0 unspecified atom stereocenters. The summed E-state index contributed by atoms with van der Waals surface area (Å²) >= 11 is 1.51. The number of rotatable bonds is 6. The second-order valence-electron chi connectivity index (χ2n) is 5.79. The van der Waals surface area contributed by atoms with Gasteiger partial charge in [0.05, 0.1) is 22.2 Å². The van der Waals surface area contributed by atoms with Crippen LogP contribution >= 0.6 is 11.3 Å². The van der Waals surface area contributed by atoms with Crippen LogP contribution in [0.15, 0.2) is 48.5 Å². The molecule has 0 spiro atoms. The standard InChI is InChI=1S/C20H18N2O3S/c1-2-4-13-7-8-17-16(10-13)22-19(26-17)11-18(23)21-12-14-5-3-6-15(9-14)20(24)25/h2-10H,11-12H2,1H3,(H,21,23)(H,24,25). The number of aromatic carboxylic acids is 1. The molecule has 2 N–H and O–H groups in total. The summed E-state index contributed by atoms with van der Waals surface area (Å²) in [7, 11) is 0. The van der Waals surface area contributed by atoms with Crippen LogP contribution in [-0.4, -0.2) is 22.0 Å². The fraction of sp³-hybridized carbons (Fsp3) is 0.150. The van der Waals surface area contributed by atoms with E-state index in [4.69, 9.17) is 5.11 Å². The summed E-state index contributed by atoms with van der Waals surface area (Å²) in [4.78, 5) is 27.7. The molecular formula is C20H18N2O3S. The predicted octanol–water partition coefficient (Wildman–Crippen LogP) is 3.89. The third kappa shape index (κ3) is 4.34. The lowest BCUT2D eigenvalue weighted by molar-refractivity contribution is -0.120. The van der Waals surface area contributed by atoms with Gasteiger partial charge in [-0.2, -0.15) is 0 Å². The number of hydrogen-bond acceptors (Lipinski definition) is 4. The quantitative estimate of drug-likeness (QED) is 0.694. The zero-order valence-electron chi connectivity index (χ0n) is 14.2. The zero-order chi connectivity index (χ0) is 18.5. The third-order valence-electron chi connectivity index (χ3n) is 3.79. The summed E-state index contributed by atoms with van der Waals surface area (Å²) < 4.78 is 1.05. The molecule has 0 aliphatic rings. The lowest BCUT2D eigenvalue weighted by Gasteiger charge is -2.05. The van der Waals surface area contributed by atoms with Crippen LogP contribution in [0.3, 0.4) is 0 Å². The molecule has 0 saturated carbocycles. The van der Waals surface area contributed by atoms with Crippen molar-refractivity contribution in [2.75, 3.05) is 0 Å². The van der Waals surface area contributed by atoms with Crippen LogP contribution in [0.5, 0.6) is 0 Å². The normalized spacial score (nSPS) is 11.1. The molecule has 0 saturated heterocycles. The highest BCUT2D eigenvalue weighted by atomic mass is 32.1. The Morgan fingerprint density at radius 1 is 1.23 bits per heavy atom. The molecule has 6 heteroatoms. The first-order valence-corrected chi connectivity index (χ1v) is 8.98. The number of amides is 1. The summed E-state index contributed by atoms with van der Waals surface area (Å²) in [6, 6.07) is 12.6. The lowest BCUT2D eigenvalue weighted by atomic mass is 10.1. The average Bonchev–Trinajstić information content (AvgIpc) is 3.02. The fourth-order valence-corrected chi connectivity index (χ4v) is 3.53. The van der Waals surface area contributed by atoms with Gasteiger partial charge >= 0.3 is 5.97 Å². The first kappa shape index (κ1) is 17.8. The van der Waals surface area contributed by atoms with Crippen LogP contribution in [0.4, 0.5) is 0 Å². The minimum atomic E-state index is -0.982. The SMILES string of the molecule is CC=Cc1ccc2sc(CC(=O)NCc3cccc(C(=O)O)c3)nc2c1. The second kappa shape index (κ2) is 7.93. The summed E-state index contributed by atoms with van der Waals surface area (Å²) in [5, 5.41) is 12.6. The highest BCUT2D eigenvalue weighted by Crippen LogP contribution is 2.24. The topological polar surface area (TPSA) is 79.3 Å². The number of aromatic nitrogens is 1. The Morgan fingerprint density at radius 2 is 2.08 bits per heavy atom. The van der Waals surface area contributed by atoms with Gasteiger partial charge < -0.3 is 10.4 Å². The van der Waals surface area contributed by atoms with E-state index in [2.05, 4.69) is 10.3 Å². The van der Waals surface area contributed by atoms with Crippen LogP contribution in [0.1, 0.15) is 33.4 Å². The lowest BCUT2D eigenvalue weighted by Crippen LogP contribution is -2.24. The van der Waals surface area contributed by atoms with Crippen LogP contribution < -0.4 is 5.32 Å².